The van der Waals surface area contributed by atoms with Crippen molar-refractivity contribution in [1.82, 2.24) is 9.97 Å². The van der Waals surface area contributed by atoms with Crippen LogP contribution in [0.4, 0.5) is 23.0 Å². The Morgan fingerprint density at radius 1 is 1.04 bits per heavy atom. The molecule has 1 aliphatic rings. The van der Waals surface area contributed by atoms with Crippen LogP contribution >= 0.6 is 0 Å². The van der Waals surface area contributed by atoms with E-state index in [9.17, 15) is 10.1 Å². The van der Waals surface area contributed by atoms with Crippen molar-refractivity contribution >= 4 is 23.0 Å². The van der Waals surface area contributed by atoms with Crippen molar-refractivity contribution in [1.29, 1.82) is 0 Å². The molecule has 8 nitrogen and oxygen atoms in total. The number of anilines is 3. The number of benzene rings is 1. The van der Waals surface area contributed by atoms with Gasteiger partial charge in [0, 0.05) is 46.0 Å². The minimum atomic E-state index is -0.395. The molecule has 1 aromatic carbocycles. The molecule has 0 radical (unpaired) electrons. The van der Waals surface area contributed by atoms with Gasteiger partial charge in [0.25, 0.3) is 0 Å². The van der Waals surface area contributed by atoms with Crippen LogP contribution in [0.5, 0.6) is 0 Å². The van der Waals surface area contributed by atoms with Crippen molar-refractivity contribution in [2.45, 2.75) is 0 Å². The highest BCUT2D eigenvalue weighted by Crippen LogP contribution is 2.33. The average Bonchev–Trinajstić information content (AvgIpc) is 2.62. The number of aromatic nitrogens is 2. The van der Waals surface area contributed by atoms with Crippen LogP contribution in [0.15, 0.2) is 36.7 Å². The zero-order chi connectivity index (χ0) is 17.1. The minimum absolute atomic E-state index is 0.0318. The van der Waals surface area contributed by atoms with Gasteiger partial charge >= 0.3 is 5.69 Å². The van der Waals surface area contributed by atoms with Crippen molar-refractivity contribution < 1.29 is 4.92 Å². The summed E-state index contributed by atoms with van der Waals surface area (Å²) in [6.07, 6.45) is 1.39. The standard InChI is InChI=1S/C16H20N6O2/c1-19(2)15-14(22(23)24)16(18-12-17-15)21-10-8-20(9-11-21)13-6-4-3-5-7-13/h3-7,12H,8-11H2,1-2H3. The van der Waals surface area contributed by atoms with E-state index in [1.54, 1.807) is 19.0 Å². The van der Waals surface area contributed by atoms with Gasteiger partial charge in [-0.25, -0.2) is 9.97 Å². The lowest BCUT2D eigenvalue weighted by Crippen LogP contribution is -2.47. The summed E-state index contributed by atoms with van der Waals surface area (Å²) in [4.78, 5) is 25.3. The molecule has 1 aliphatic heterocycles. The highest BCUT2D eigenvalue weighted by molar-refractivity contribution is 5.71. The van der Waals surface area contributed by atoms with E-state index in [1.807, 2.05) is 23.1 Å². The zero-order valence-corrected chi connectivity index (χ0v) is 13.8. The quantitative estimate of drug-likeness (QED) is 0.625. The largest absolute Gasteiger partial charge is 0.368 e. The molecule has 0 spiro atoms. The summed E-state index contributed by atoms with van der Waals surface area (Å²) in [7, 11) is 3.49. The molecule has 8 heteroatoms. The lowest BCUT2D eigenvalue weighted by molar-refractivity contribution is -0.383. The SMILES string of the molecule is CN(C)c1ncnc(N2CCN(c3ccccc3)CC2)c1[N+](=O)[O-]. The maximum absolute atomic E-state index is 11.5. The molecule has 3 rings (SSSR count). The van der Waals surface area contributed by atoms with Crippen LogP contribution in [-0.4, -0.2) is 55.2 Å². The number of nitrogens with zero attached hydrogens (tertiary/aromatic N) is 6. The van der Waals surface area contributed by atoms with Gasteiger partial charge in [-0.2, -0.15) is 0 Å². The van der Waals surface area contributed by atoms with Crippen LogP contribution in [-0.2, 0) is 0 Å². The summed E-state index contributed by atoms with van der Waals surface area (Å²) >= 11 is 0. The molecule has 2 heterocycles. The smallest absolute Gasteiger partial charge is 0.353 e. The molecule has 1 saturated heterocycles. The van der Waals surface area contributed by atoms with Crippen molar-refractivity contribution in [3.8, 4) is 0 Å². The third-order valence-corrected chi connectivity index (χ3v) is 4.09. The average molecular weight is 328 g/mol. The number of piperazine rings is 1. The topological polar surface area (TPSA) is 78.6 Å². The monoisotopic (exact) mass is 328 g/mol. The van der Waals surface area contributed by atoms with Gasteiger partial charge in [-0.15, -0.1) is 0 Å². The van der Waals surface area contributed by atoms with Crippen LogP contribution < -0.4 is 14.7 Å². The van der Waals surface area contributed by atoms with Gasteiger partial charge in [-0.3, -0.25) is 10.1 Å². The van der Waals surface area contributed by atoms with E-state index >= 15 is 0 Å². The van der Waals surface area contributed by atoms with Gasteiger partial charge in [0.1, 0.15) is 6.33 Å². The molecule has 0 bridgehead atoms. The summed E-state index contributed by atoms with van der Waals surface area (Å²) < 4.78 is 0. The Hall–Kier alpha value is -2.90. The fourth-order valence-electron chi connectivity index (χ4n) is 2.90. The van der Waals surface area contributed by atoms with Crippen molar-refractivity contribution in [2.75, 3.05) is 55.0 Å². The maximum atomic E-state index is 11.5. The Labute approximate surface area is 140 Å². The number of hydrogen-bond acceptors (Lipinski definition) is 7. The van der Waals surface area contributed by atoms with Crippen LogP contribution in [0.2, 0.25) is 0 Å². The van der Waals surface area contributed by atoms with E-state index in [-0.39, 0.29) is 5.69 Å². The van der Waals surface area contributed by atoms with E-state index in [1.165, 1.54) is 12.0 Å². The Bertz CT molecular complexity index is 714. The second-order valence-corrected chi connectivity index (χ2v) is 5.83. The van der Waals surface area contributed by atoms with E-state index in [0.29, 0.717) is 24.7 Å². The molecule has 126 valence electrons. The van der Waals surface area contributed by atoms with Gasteiger partial charge in [0.15, 0.2) is 0 Å². The van der Waals surface area contributed by atoms with Crippen LogP contribution in [0, 0.1) is 10.1 Å². The molecule has 0 saturated carbocycles. The zero-order valence-electron chi connectivity index (χ0n) is 13.8. The number of hydrogen-bond donors (Lipinski definition) is 0. The third-order valence-electron chi connectivity index (χ3n) is 4.09. The van der Waals surface area contributed by atoms with Crippen LogP contribution in [0.25, 0.3) is 0 Å². The normalized spacial score (nSPS) is 14.6. The van der Waals surface area contributed by atoms with E-state index < -0.39 is 4.92 Å². The maximum Gasteiger partial charge on any atom is 0.353 e. The molecule has 24 heavy (non-hydrogen) atoms. The number of nitro groups is 1. The van der Waals surface area contributed by atoms with Crippen LogP contribution in [0.1, 0.15) is 0 Å². The highest BCUT2D eigenvalue weighted by Gasteiger charge is 2.29. The Morgan fingerprint density at radius 3 is 2.25 bits per heavy atom. The highest BCUT2D eigenvalue weighted by atomic mass is 16.6. The number of para-hydroxylation sites is 1. The fraction of sp³-hybridized carbons (Fsp3) is 0.375. The lowest BCUT2D eigenvalue weighted by Gasteiger charge is -2.36. The predicted octanol–water partition coefficient (Wildman–Crippen LogP) is 1.78. The van der Waals surface area contributed by atoms with E-state index in [2.05, 4.69) is 27.0 Å². The lowest BCUT2D eigenvalue weighted by atomic mass is 10.2. The molecule has 0 atom stereocenters. The first kappa shape index (κ1) is 16.0. The van der Waals surface area contributed by atoms with E-state index in [4.69, 9.17) is 0 Å². The Morgan fingerprint density at radius 2 is 1.67 bits per heavy atom. The predicted molar refractivity (Wildman–Crippen MR) is 93.9 cm³/mol. The van der Waals surface area contributed by atoms with Gasteiger partial charge in [-0.1, -0.05) is 18.2 Å². The molecule has 1 fully saturated rings. The molecule has 0 unspecified atom stereocenters. The molecule has 0 aliphatic carbocycles. The van der Waals surface area contributed by atoms with E-state index in [0.717, 1.165) is 13.1 Å². The second kappa shape index (κ2) is 6.69. The molecule has 1 aromatic heterocycles. The Kier molecular flexibility index (Phi) is 4.45. The molecular formula is C16H20N6O2. The fourth-order valence-corrected chi connectivity index (χ4v) is 2.90. The third kappa shape index (κ3) is 3.08. The van der Waals surface area contributed by atoms with Crippen molar-refractivity contribution in [2.24, 2.45) is 0 Å². The van der Waals surface area contributed by atoms with Crippen molar-refractivity contribution in [3.63, 3.8) is 0 Å². The first-order valence-corrected chi connectivity index (χ1v) is 7.79. The minimum Gasteiger partial charge on any atom is -0.368 e. The molecule has 2 aromatic rings. The summed E-state index contributed by atoms with van der Waals surface area (Å²) in [6, 6.07) is 10.2. The molecule has 0 N–H and O–H groups in total. The van der Waals surface area contributed by atoms with Gasteiger partial charge in [0.05, 0.1) is 4.92 Å². The van der Waals surface area contributed by atoms with Gasteiger partial charge in [0.2, 0.25) is 11.6 Å². The summed E-state index contributed by atoms with van der Waals surface area (Å²) in [6.45, 7) is 2.95. The van der Waals surface area contributed by atoms with Gasteiger partial charge in [-0.05, 0) is 12.1 Å². The second-order valence-electron chi connectivity index (χ2n) is 5.83. The first-order chi connectivity index (χ1) is 11.6. The summed E-state index contributed by atoms with van der Waals surface area (Å²) in [5.74, 6) is 0.724. The Balaban J connectivity index is 1.82. The number of rotatable bonds is 4. The summed E-state index contributed by atoms with van der Waals surface area (Å²) in [5, 5.41) is 11.5. The molecule has 0 amide bonds. The molecular weight excluding hydrogens is 308 g/mol. The van der Waals surface area contributed by atoms with Gasteiger partial charge < -0.3 is 14.7 Å². The first-order valence-electron chi connectivity index (χ1n) is 7.79. The van der Waals surface area contributed by atoms with Crippen LogP contribution in [0.3, 0.4) is 0 Å². The van der Waals surface area contributed by atoms with Crippen molar-refractivity contribution in [3.05, 3.63) is 46.8 Å². The summed E-state index contributed by atoms with van der Waals surface area (Å²) in [5.41, 5.74) is 1.14.